The lowest BCUT2D eigenvalue weighted by Crippen LogP contribution is -2.39. The lowest BCUT2D eigenvalue weighted by atomic mass is 10.00. The fourth-order valence-electron chi connectivity index (χ4n) is 2.84. The van der Waals surface area contributed by atoms with E-state index < -0.39 is 6.10 Å². The second kappa shape index (κ2) is 7.95. The smallest absolute Gasteiger partial charge is 0.260 e. The number of carbonyl (C=O) groups is 2. The van der Waals surface area contributed by atoms with E-state index in [9.17, 15) is 9.59 Å². The van der Waals surface area contributed by atoms with E-state index in [1.807, 2.05) is 49.4 Å². The number of carbonyl (C=O) groups excluding carboxylic acids is 2. The van der Waals surface area contributed by atoms with Gasteiger partial charge in [-0.2, -0.15) is 0 Å². The molecule has 26 heavy (non-hydrogen) atoms. The largest absolute Gasteiger partial charge is 0.481 e. The number of fused-ring (bicyclic) bond motifs is 1. The van der Waals surface area contributed by atoms with Crippen LogP contribution < -0.4 is 20.6 Å². The summed E-state index contributed by atoms with van der Waals surface area (Å²) in [4.78, 5) is 28.5. The van der Waals surface area contributed by atoms with Crippen LogP contribution >= 0.6 is 0 Å². The summed E-state index contributed by atoms with van der Waals surface area (Å²) in [6, 6.07) is 15.1. The van der Waals surface area contributed by atoms with Crippen LogP contribution in [0.15, 0.2) is 53.5 Å². The van der Waals surface area contributed by atoms with Crippen LogP contribution in [0, 0.1) is 12.8 Å². The first-order valence-corrected chi connectivity index (χ1v) is 8.73. The highest BCUT2D eigenvalue weighted by molar-refractivity contribution is 5.86. The molecular weight excluding hydrogens is 328 g/mol. The van der Waals surface area contributed by atoms with Gasteiger partial charge in [-0.1, -0.05) is 36.4 Å². The Hall–Kier alpha value is -2.95. The van der Waals surface area contributed by atoms with Crippen LogP contribution in [0.2, 0.25) is 0 Å². The van der Waals surface area contributed by atoms with Gasteiger partial charge in [0.2, 0.25) is 0 Å². The van der Waals surface area contributed by atoms with E-state index in [-0.39, 0.29) is 17.7 Å². The third-order valence-electron chi connectivity index (χ3n) is 4.29. The zero-order valence-electron chi connectivity index (χ0n) is 14.9. The Bertz CT molecular complexity index is 922. The molecule has 2 amide bonds. The molecule has 134 valence electrons. The van der Waals surface area contributed by atoms with E-state index in [0.29, 0.717) is 18.7 Å². The lowest BCUT2D eigenvalue weighted by Gasteiger charge is -2.16. The Balaban J connectivity index is 1.54. The normalized spacial score (nSPS) is 16.7. The van der Waals surface area contributed by atoms with Gasteiger partial charge in [0.15, 0.2) is 6.10 Å². The molecule has 0 saturated carbocycles. The van der Waals surface area contributed by atoms with E-state index >= 15 is 0 Å². The number of nitrogens with one attached hydrogen (secondary N) is 1. The molecule has 0 saturated heterocycles. The van der Waals surface area contributed by atoms with Gasteiger partial charge in [0.25, 0.3) is 11.8 Å². The predicted molar refractivity (Wildman–Crippen MR) is 99.1 cm³/mol. The van der Waals surface area contributed by atoms with Gasteiger partial charge in [-0.15, -0.1) is 0 Å². The number of para-hydroxylation sites is 1. The van der Waals surface area contributed by atoms with Crippen LogP contribution in [-0.2, 0) is 9.59 Å². The molecule has 1 heterocycles. The maximum Gasteiger partial charge on any atom is 0.260 e. The molecule has 2 atom stereocenters. The molecule has 0 bridgehead atoms. The van der Waals surface area contributed by atoms with Crippen LogP contribution in [0.5, 0.6) is 5.75 Å². The molecule has 5 heteroatoms. The summed E-state index contributed by atoms with van der Waals surface area (Å²) in [5.74, 6) is -0.0245. The Morgan fingerprint density at radius 2 is 2.00 bits per heavy atom. The lowest BCUT2D eigenvalue weighted by molar-refractivity contribution is -0.127. The quantitative estimate of drug-likeness (QED) is 0.859. The highest BCUT2D eigenvalue weighted by Crippen LogP contribution is 2.11. The molecule has 2 aromatic carbocycles. The van der Waals surface area contributed by atoms with Crippen LogP contribution in [0.1, 0.15) is 18.9 Å². The van der Waals surface area contributed by atoms with Gasteiger partial charge in [-0.3, -0.25) is 9.59 Å². The molecule has 0 fully saturated rings. The van der Waals surface area contributed by atoms with Crippen molar-refractivity contribution in [2.24, 2.45) is 10.9 Å². The maximum absolute atomic E-state index is 12.2. The first-order valence-electron chi connectivity index (χ1n) is 8.73. The van der Waals surface area contributed by atoms with Crippen LogP contribution in [0.25, 0.3) is 6.08 Å². The number of ether oxygens (including phenoxy) is 1. The summed E-state index contributed by atoms with van der Waals surface area (Å²) in [7, 11) is 0. The molecule has 1 aliphatic heterocycles. The second-order valence-corrected chi connectivity index (χ2v) is 6.44. The molecular formula is C21H22N2O3. The van der Waals surface area contributed by atoms with Gasteiger partial charge in [0, 0.05) is 6.54 Å². The number of aryl methyl sites for hydroxylation is 1. The molecule has 3 rings (SSSR count). The van der Waals surface area contributed by atoms with Gasteiger partial charge in [-0.05, 0) is 49.2 Å². The molecule has 0 aliphatic carbocycles. The molecule has 0 radical (unpaired) electrons. The zero-order chi connectivity index (χ0) is 18.5. The fourth-order valence-corrected chi connectivity index (χ4v) is 2.84. The van der Waals surface area contributed by atoms with Crippen LogP contribution in [0.3, 0.4) is 0 Å². The number of rotatable bonds is 6. The second-order valence-electron chi connectivity index (χ2n) is 6.44. The monoisotopic (exact) mass is 350 g/mol. The van der Waals surface area contributed by atoms with Crippen molar-refractivity contribution in [3.8, 4) is 5.75 Å². The summed E-state index contributed by atoms with van der Waals surface area (Å²) < 4.78 is 5.59. The van der Waals surface area contributed by atoms with Crippen molar-refractivity contribution >= 4 is 17.9 Å². The molecule has 0 spiro atoms. The summed E-state index contributed by atoms with van der Waals surface area (Å²) in [5, 5.41) is 4.51. The fraction of sp³-hybridized carbons (Fsp3) is 0.286. The Morgan fingerprint density at radius 1 is 1.23 bits per heavy atom. The van der Waals surface area contributed by atoms with E-state index in [4.69, 9.17) is 4.74 Å². The van der Waals surface area contributed by atoms with Gasteiger partial charge >= 0.3 is 0 Å². The molecule has 5 nitrogen and oxygen atoms in total. The predicted octanol–water partition coefficient (Wildman–Crippen LogP) is 1.53. The average molecular weight is 350 g/mol. The molecule has 2 aromatic rings. The Kier molecular flexibility index (Phi) is 5.46. The van der Waals surface area contributed by atoms with Crippen molar-refractivity contribution in [2.75, 3.05) is 6.54 Å². The third-order valence-corrected chi connectivity index (χ3v) is 4.29. The Labute approximate surface area is 152 Å². The third kappa shape index (κ3) is 4.36. The van der Waals surface area contributed by atoms with E-state index in [1.165, 1.54) is 0 Å². The zero-order valence-corrected chi connectivity index (χ0v) is 14.9. The molecule has 2 unspecified atom stereocenters. The number of hydrogen-bond acceptors (Lipinski definition) is 3. The van der Waals surface area contributed by atoms with E-state index in [1.54, 1.807) is 19.1 Å². The summed E-state index contributed by atoms with van der Waals surface area (Å²) >= 11 is 0. The molecule has 1 N–H and O–H groups in total. The first kappa shape index (κ1) is 17.9. The van der Waals surface area contributed by atoms with E-state index in [0.717, 1.165) is 16.1 Å². The van der Waals surface area contributed by atoms with Crippen LogP contribution in [-0.4, -0.2) is 24.5 Å². The van der Waals surface area contributed by atoms with Crippen molar-refractivity contribution in [1.82, 2.24) is 5.32 Å². The highest BCUT2D eigenvalue weighted by atomic mass is 16.5. The minimum Gasteiger partial charge on any atom is -0.481 e. The van der Waals surface area contributed by atoms with Crippen molar-refractivity contribution in [3.63, 3.8) is 0 Å². The number of amides is 2. The van der Waals surface area contributed by atoms with Gasteiger partial charge in [0.05, 0.1) is 11.3 Å². The number of hydrogen-bond donors (Lipinski definition) is 1. The summed E-state index contributed by atoms with van der Waals surface area (Å²) in [6.07, 6.45) is 1.84. The van der Waals surface area contributed by atoms with Gasteiger partial charge in [-0.25, -0.2) is 4.99 Å². The standard InChI is InChI=1S/C21H22N2O3/c1-14-8-9-16-13-17(21(25)23-19(16)12-14)10-11-22-20(24)15(2)26-18-6-4-3-5-7-18/h3-9,12-13,15,17H,10-11H2,1-2H3,(H,22,24). The SMILES string of the molecule is Cc1ccc2c(c1)=NC(=O)C(CCNC(=O)C(C)Oc1ccccc1)C=2. The Morgan fingerprint density at radius 3 is 2.77 bits per heavy atom. The number of benzene rings is 2. The topological polar surface area (TPSA) is 67.8 Å². The average Bonchev–Trinajstić information content (AvgIpc) is 2.63. The van der Waals surface area contributed by atoms with E-state index in [2.05, 4.69) is 10.3 Å². The minimum atomic E-state index is -0.600. The highest BCUT2D eigenvalue weighted by Gasteiger charge is 2.19. The maximum atomic E-state index is 12.2. The van der Waals surface area contributed by atoms with Crippen LogP contribution in [0.4, 0.5) is 0 Å². The van der Waals surface area contributed by atoms with Gasteiger partial charge in [0.1, 0.15) is 5.75 Å². The number of nitrogens with zero attached hydrogens (tertiary/aromatic N) is 1. The minimum absolute atomic E-state index is 0.161. The van der Waals surface area contributed by atoms with Crippen molar-refractivity contribution in [3.05, 3.63) is 64.7 Å². The summed E-state index contributed by atoms with van der Waals surface area (Å²) in [6.45, 7) is 4.07. The molecule has 0 aromatic heterocycles. The first-order chi connectivity index (χ1) is 12.5. The molecule has 1 aliphatic rings. The van der Waals surface area contributed by atoms with Gasteiger partial charge < -0.3 is 10.1 Å². The van der Waals surface area contributed by atoms with Crippen molar-refractivity contribution in [1.29, 1.82) is 0 Å². The van der Waals surface area contributed by atoms with Crippen molar-refractivity contribution in [2.45, 2.75) is 26.4 Å². The van der Waals surface area contributed by atoms with Crippen molar-refractivity contribution < 1.29 is 14.3 Å². The summed E-state index contributed by atoms with van der Waals surface area (Å²) in [5.41, 5.74) is 1.08.